The van der Waals surface area contributed by atoms with Gasteiger partial charge in [-0.2, -0.15) is 5.10 Å². The minimum Gasteiger partial charge on any atom is -0.477 e. The lowest BCUT2D eigenvalue weighted by Gasteiger charge is -2.64. The largest absolute Gasteiger partial charge is 0.477 e. The molecule has 1 heterocycles. The summed E-state index contributed by atoms with van der Waals surface area (Å²) in [5, 5.41) is 8.70. The van der Waals surface area contributed by atoms with E-state index in [4.69, 9.17) is 4.74 Å². The van der Waals surface area contributed by atoms with E-state index in [1.165, 1.54) is 70.6 Å². The van der Waals surface area contributed by atoms with Gasteiger partial charge in [-0.15, -0.1) is 0 Å². The average molecular weight is 464 g/mol. The van der Waals surface area contributed by atoms with Crippen molar-refractivity contribution in [2.45, 2.75) is 83.2 Å². The van der Waals surface area contributed by atoms with Crippen LogP contribution in [0.15, 0.2) is 6.20 Å². The van der Waals surface area contributed by atoms with Crippen LogP contribution in [-0.4, -0.2) is 33.7 Å². The van der Waals surface area contributed by atoms with E-state index in [1.54, 1.807) is 6.20 Å². The Bertz CT molecular complexity index is 738. The maximum Gasteiger partial charge on any atom is 0.258 e. The molecule has 0 radical (unpaired) electrons. The van der Waals surface area contributed by atoms with Crippen molar-refractivity contribution in [2.24, 2.45) is 23.2 Å². The first-order valence-corrected chi connectivity index (χ1v) is 12.9. The number of alkyl halides is 1. The molecule has 1 aromatic rings. The van der Waals surface area contributed by atoms with Crippen LogP contribution in [0.3, 0.4) is 0 Å². The molecule has 4 unspecified atom stereocenters. The molecule has 5 fully saturated rings. The number of nitrogens with one attached hydrogen (secondary N) is 1. The summed E-state index contributed by atoms with van der Waals surface area (Å²) in [6, 6.07) is 0.359. The first kappa shape index (κ1) is 19.9. The van der Waals surface area contributed by atoms with E-state index in [-0.39, 0.29) is 5.91 Å². The van der Waals surface area contributed by atoms with Crippen LogP contribution in [0.4, 0.5) is 0 Å². The van der Waals surface area contributed by atoms with Gasteiger partial charge in [-0.05, 0) is 61.7 Å². The first-order valence-electron chi connectivity index (χ1n) is 11.7. The summed E-state index contributed by atoms with van der Waals surface area (Å²) in [7, 11) is 0. The van der Waals surface area contributed by atoms with Gasteiger partial charge < -0.3 is 10.1 Å². The molecule has 0 aliphatic heterocycles. The first-order chi connectivity index (χ1) is 14.2. The van der Waals surface area contributed by atoms with E-state index >= 15 is 0 Å². The Balaban J connectivity index is 1.29. The van der Waals surface area contributed by atoms with Gasteiger partial charge in [0, 0.05) is 11.4 Å². The van der Waals surface area contributed by atoms with E-state index in [1.807, 2.05) is 4.68 Å². The Morgan fingerprint density at radius 2 is 2.10 bits per heavy atom. The molecule has 4 atom stereocenters. The van der Waals surface area contributed by atoms with Crippen LogP contribution in [-0.2, 0) is 6.54 Å². The fourth-order valence-electron chi connectivity index (χ4n) is 6.91. The summed E-state index contributed by atoms with van der Waals surface area (Å²) in [5.74, 6) is 2.88. The molecule has 1 aromatic heterocycles. The second-order valence-electron chi connectivity index (χ2n) is 10.1. The molecule has 0 saturated heterocycles. The van der Waals surface area contributed by atoms with Gasteiger partial charge in [0.05, 0.1) is 19.3 Å². The molecule has 6 rings (SSSR count). The van der Waals surface area contributed by atoms with Crippen LogP contribution in [0, 0.1) is 23.2 Å². The lowest BCUT2D eigenvalue weighted by Crippen LogP contribution is -2.66. The van der Waals surface area contributed by atoms with Crippen LogP contribution in [0.2, 0.25) is 0 Å². The van der Waals surface area contributed by atoms with Crippen LogP contribution < -0.4 is 10.1 Å². The molecule has 5 aliphatic carbocycles. The molecule has 5 aliphatic rings. The highest BCUT2D eigenvalue weighted by Crippen LogP contribution is 2.63. The highest BCUT2D eigenvalue weighted by atomic mass is 79.9. The van der Waals surface area contributed by atoms with Crippen molar-refractivity contribution in [1.29, 1.82) is 0 Å². The predicted molar refractivity (Wildman–Crippen MR) is 116 cm³/mol. The number of aryl methyl sites for hydroxylation is 1. The maximum atomic E-state index is 13.3. The molecule has 1 amide bonds. The number of hydrogen-bond acceptors (Lipinski definition) is 3. The number of rotatable bonds is 7. The average Bonchev–Trinajstić information content (AvgIpc) is 3.14. The van der Waals surface area contributed by atoms with Crippen molar-refractivity contribution in [3.8, 4) is 5.88 Å². The summed E-state index contributed by atoms with van der Waals surface area (Å²) in [6.07, 6.45) is 16.1. The van der Waals surface area contributed by atoms with E-state index in [0.717, 1.165) is 11.2 Å². The molecule has 6 heteroatoms. The highest BCUT2D eigenvalue weighted by molar-refractivity contribution is 9.09. The quantitative estimate of drug-likeness (QED) is 0.582. The van der Waals surface area contributed by atoms with E-state index in [0.29, 0.717) is 47.9 Å². The number of amides is 1. The summed E-state index contributed by atoms with van der Waals surface area (Å²) in [5.41, 5.74) is 1.01. The molecule has 29 heavy (non-hydrogen) atoms. The number of aromatic nitrogens is 2. The SMILES string of the molecule is O=C(NC1C2CC3CCCC1(C3)C2)c1cnn(CCBr)c1OCC1CCCCC1. The lowest BCUT2D eigenvalue weighted by molar-refractivity contribution is -0.108. The molecule has 160 valence electrons. The van der Waals surface area contributed by atoms with Gasteiger partial charge in [-0.3, -0.25) is 4.79 Å². The van der Waals surface area contributed by atoms with Gasteiger partial charge in [-0.25, -0.2) is 4.68 Å². The summed E-state index contributed by atoms with van der Waals surface area (Å²) < 4.78 is 8.10. The zero-order valence-electron chi connectivity index (χ0n) is 17.4. The van der Waals surface area contributed by atoms with Gasteiger partial charge in [0.25, 0.3) is 5.91 Å². The Kier molecular flexibility index (Phi) is 5.65. The van der Waals surface area contributed by atoms with E-state index in [9.17, 15) is 4.79 Å². The number of hydrogen-bond donors (Lipinski definition) is 1. The van der Waals surface area contributed by atoms with Crippen LogP contribution in [0.25, 0.3) is 0 Å². The summed E-state index contributed by atoms with van der Waals surface area (Å²) in [6.45, 7) is 1.41. The Morgan fingerprint density at radius 1 is 1.24 bits per heavy atom. The van der Waals surface area contributed by atoms with Gasteiger partial charge in [0.1, 0.15) is 5.56 Å². The number of ether oxygens (including phenoxy) is 1. The number of carbonyl (C=O) groups excluding carboxylic acids is 1. The van der Waals surface area contributed by atoms with Crippen molar-refractivity contribution in [3.63, 3.8) is 0 Å². The van der Waals surface area contributed by atoms with Crippen molar-refractivity contribution in [3.05, 3.63) is 11.8 Å². The third-order valence-corrected chi connectivity index (χ3v) is 8.57. The van der Waals surface area contributed by atoms with E-state index in [2.05, 4.69) is 26.3 Å². The number of halogens is 1. The van der Waals surface area contributed by atoms with Crippen LogP contribution in [0.5, 0.6) is 5.88 Å². The second kappa shape index (κ2) is 8.24. The monoisotopic (exact) mass is 463 g/mol. The van der Waals surface area contributed by atoms with Gasteiger partial charge >= 0.3 is 0 Å². The third-order valence-electron chi connectivity index (χ3n) is 8.22. The Morgan fingerprint density at radius 3 is 2.93 bits per heavy atom. The Hall–Kier alpha value is -1.04. The van der Waals surface area contributed by atoms with E-state index < -0.39 is 0 Å². The zero-order valence-corrected chi connectivity index (χ0v) is 19.0. The van der Waals surface area contributed by atoms with Crippen molar-refractivity contribution >= 4 is 21.8 Å². The summed E-state index contributed by atoms with van der Waals surface area (Å²) >= 11 is 3.50. The number of nitrogens with zero attached hydrogens (tertiary/aromatic N) is 2. The normalized spacial score (nSPS) is 33.8. The van der Waals surface area contributed by atoms with Gasteiger partial charge in [0.15, 0.2) is 0 Å². The fourth-order valence-corrected chi connectivity index (χ4v) is 7.24. The Labute approximate surface area is 182 Å². The molecule has 5 nitrogen and oxygen atoms in total. The third kappa shape index (κ3) is 3.75. The smallest absolute Gasteiger partial charge is 0.258 e. The molecular formula is C23H34BrN3O2. The fraction of sp³-hybridized carbons (Fsp3) is 0.826. The maximum absolute atomic E-state index is 13.3. The molecule has 1 spiro atoms. The highest BCUT2D eigenvalue weighted by Gasteiger charge is 2.59. The van der Waals surface area contributed by atoms with Crippen molar-refractivity contribution in [2.75, 3.05) is 11.9 Å². The standard InChI is InChI=1S/C23H34BrN3O2/c24-9-10-27-22(29-15-16-5-2-1-3-6-16)19(14-25-27)21(28)26-20-18-11-17-7-4-8-23(20,12-17)13-18/h14,16-18,20H,1-13,15H2,(H,26,28). The zero-order chi connectivity index (χ0) is 19.8. The van der Waals surface area contributed by atoms with Crippen LogP contribution >= 0.6 is 15.9 Å². The topological polar surface area (TPSA) is 56.2 Å². The van der Waals surface area contributed by atoms with Gasteiger partial charge in [-0.1, -0.05) is 48.0 Å². The molecule has 5 saturated carbocycles. The molecule has 1 N–H and O–H groups in total. The van der Waals surface area contributed by atoms with Crippen molar-refractivity contribution < 1.29 is 9.53 Å². The van der Waals surface area contributed by atoms with Crippen LogP contribution in [0.1, 0.15) is 81.0 Å². The minimum absolute atomic E-state index is 0.0163. The molecule has 0 aromatic carbocycles. The minimum atomic E-state index is 0.0163. The lowest BCUT2D eigenvalue weighted by atomic mass is 9.44. The molecular weight excluding hydrogens is 430 g/mol. The second-order valence-corrected chi connectivity index (χ2v) is 10.9. The number of carbonyl (C=O) groups is 1. The molecule has 3 bridgehead atoms. The summed E-state index contributed by atoms with van der Waals surface area (Å²) in [4.78, 5) is 13.3. The van der Waals surface area contributed by atoms with Gasteiger partial charge in [0.2, 0.25) is 5.88 Å². The van der Waals surface area contributed by atoms with Crippen molar-refractivity contribution in [1.82, 2.24) is 15.1 Å². The predicted octanol–water partition coefficient (Wildman–Crippen LogP) is 4.94.